The Balaban J connectivity index is 1.88. The van der Waals surface area contributed by atoms with Crippen molar-refractivity contribution in [2.24, 2.45) is 0 Å². The van der Waals surface area contributed by atoms with Gasteiger partial charge in [-0.3, -0.25) is 9.59 Å². The molecule has 138 valence electrons. The highest BCUT2D eigenvalue weighted by Crippen LogP contribution is 2.33. The molecule has 1 aromatic carbocycles. The molecule has 2 aromatic rings. The molecular weight excluding hydrogens is 464 g/mol. The molecule has 2 heterocycles. The average Bonchev–Trinajstić information content (AvgIpc) is 3.20. The van der Waals surface area contributed by atoms with Gasteiger partial charge in [0, 0.05) is 34.8 Å². The van der Waals surface area contributed by atoms with Crippen molar-refractivity contribution in [3.8, 4) is 0 Å². The normalized spacial score (nSPS) is 14.7. The van der Waals surface area contributed by atoms with Gasteiger partial charge in [-0.05, 0) is 30.7 Å². The number of amides is 2. The zero-order valence-corrected chi connectivity index (χ0v) is 17.6. The van der Waals surface area contributed by atoms with E-state index in [1.165, 1.54) is 15.4 Å². The predicted molar refractivity (Wildman–Crippen MR) is 103 cm³/mol. The first-order chi connectivity index (χ1) is 12.2. The fraction of sp³-hybridized carbons (Fsp3) is 0.250. The summed E-state index contributed by atoms with van der Waals surface area (Å²) in [6.07, 6.45) is 1.67. The Bertz CT molecular complexity index is 973. The number of carbonyl (C=O) groups is 2. The molecule has 0 aliphatic carbocycles. The lowest BCUT2D eigenvalue weighted by Crippen LogP contribution is -2.44. The van der Waals surface area contributed by atoms with Gasteiger partial charge in [0.15, 0.2) is 9.84 Å². The number of hydrogen-bond acceptors (Lipinski definition) is 5. The van der Waals surface area contributed by atoms with Crippen molar-refractivity contribution in [3.05, 3.63) is 49.6 Å². The molecule has 0 saturated carbocycles. The summed E-state index contributed by atoms with van der Waals surface area (Å²) in [5.74, 6) is -0.766. The van der Waals surface area contributed by atoms with E-state index in [1.54, 1.807) is 24.3 Å². The van der Waals surface area contributed by atoms with Crippen LogP contribution >= 0.6 is 38.9 Å². The van der Waals surface area contributed by atoms with Crippen LogP contribution in [0.25, 0.3) is 0 Å². The summed E-state index contributed by atoms with van der Waals surface area (Å²) in [6, 6.07) is 6.86. The third-order valence-electron chi connectivity index (χ3n) is 3.88. The van der Waals surface area contributed by atoms with E-state index in [-0.39, 0.29) is 20.7 Å². The number of halogens is 2. The molecule has 1 fully saturated rings. The summed E-state index contributed by atoms with van der Waals surface area (Å²) in [5, 5.41) is 3.96. The van der Waals surface area contributed by atoms with Gasteiger partial charge >= 0.3 is 0 Å². The topological polar surface area (TPSA) is 74.8 Å². The van der Waals surface area contributed by atoms with Crippen LogP contribution in [-0.4, -0.2) is 49.6 Å². The summed E-state index contributed by atoms with van der Waals surface area (Å²) >= 11 is 10.4. The number of thiophene rings is 1. The van der Waals surface area contributed by atoms with Crippen LogP contribution in [0.4, 0.5) is 0 Å². The Kier molecular flexibility index (Phi) is 5.43. The molecule has 3 rings (SSSR count). The van der Waals surface area contributed by atoms with Crippen LogP contribution in [0.3, 0.4) is 0 Å². The molecule has 26 heavy (non-hydrogen) atoms. The second-order valence-electron chi connectivity index (χ2n) is 5.73. The van der Waals surface area contributed by atoms with Crippen molar-refractivity contribution in [1.82, 2.24) is 10.0 Å². The molecule has 1 aromatic heterocycles. The molecule has 1 aliphatic heterocycles. The third-order valence-corrected chi connectivity index (χ3v) is 7.27. The maximum Gasteiger partial charge on any atom is 0.284 e. The highest BCUT2D eigenvalue weighted by molar-refractivity contribution is 9.10. The zero-order chi connectivity index (χ0) is 19.1. The maximum atomic E-state index is 12.9. The number of carbonyl (C=O) groups excluding carboxylic acids is 2. The van der Waals surface area contributed by atoms with Crippen molar-refractivity contribution in [2.45, 2.75) is 11.3 Å². The maximum absolute atomic E-state index is 12.9. The number of sulfone groups is 1. The Morgan fingerprint density at radius 2 is 1.69 bits per heavy atom. The number of rotatable bonds is 3. The molecule has 0 N–H and O–H groups in total. The lowest BCUT2D eigenvalue weighted by atomic mass is 10.2. The van der Waals surface area contributed by atoms with Crippen LogP contribution < -0.4 is 0 Å². The van der Waals surface area contributed by atoms with Crippen LogP contribution in [0.15, 0.2) is 39.0 Å². The Hall–Kier alpha value is -1.42. The summed E-state index contributed by atoms with van der Waals surface area (Å²) in [5.41, 5.74) is 0.460. The van der Waals surface area contributed by atoms with Gasteiger partial charge < -0.3 is 0 Å². The van der Waals surface area contributed by atoms with Gasteiger partial charge in [0.05, 0.1) is 9.92 Å². The molecule has 0 radical (unpaired) electrons. The zero-order valence-electron chi connectivity index (χ0n) is 13.6. The average molecular weight is 478 g/mol. The minimum Gasteiger partial charge on any atom is -0.267 e. The van der Waals surface area contributed by atoms with Crippen LogP contribution in [0.2, 0.25) is 5.02 Å². The first-order valence-corrected chi connectivity index (χ1v) is 11.5. The molecular formula is C16H14BrClN2O4S2. The van der Waals surface area contributed by atoms with Gasteiger partial charge in [-0.1, -0.05) is 27.5 Å². The molecule has 10 heteroatoms. The van der Waals surface area contributed by atoms with E-state index in [4.69, 9.17) is 11.6 Å². The van der Waals surface area contributed by atoms with Crippen LogP contribution in [-0.2, 0) is 9.84 Å². The summed E-state index contributed by atoms with van der Waals surface area (Å²) in [4.78, 5) is 25.7. The van der Waals surface area contributed by atoms with Crippen LogP contribution in [0.5, 0.6) is 0 Å². The monoisotopic (exact) mass is 476 g/mol. The van der Waals surface area contributed by atoms with E-state index in [0.717, 1.165) is 22.1 Å². The minimum absolute atomic E-state index is 0.0718. The SMILES string of the molecule is CS(=O)(=O)c1csc(C(=O)N2CCCN2C(=O)c2ccc(Br)cc2)c1Cl. The Labute approximate surface area is 168 Å². The van der Waals surface area contributed by atoms with Gasteiger partial charge in [-0.2, -0.15) is 0 Å². The first-order valence-electron chi connectivity index (χ1n) is 7.56. The van der Waals surface area contributed by atoms with Crippen molar-refractivity contribution < 1.29 is 18.0 Å². The highest BCUT2D eigenvalue weighted by Gasteiger charge is 2.34. The van der Waals surface area contributed by atoms with Crippen LogP contribution in [0, 0.1) is 0 Å². The lowest BCUT2D eigenvalue weighted by Gasteiger charge is -2.27. The quantitative estimate of drug-likeness (QED) is 0.678. The molecule has 2 amide bonds. The van der Waals surface area contributed by atoms with Gasteiger partial charge in [0.1, 0.15) is 4.88 Å². The molecule has 1 saturated heterocycles. The van der Waals surface area contributed by atoms with E-state index in [2.05, 4.69) is 15.9 Å². The van der Waals surface area contributed by atoms with Crippen molar-refractivity contribution in [2.75, 3.05) is 19.3 Å². The van der Waals surface area contributed by atoms with Crippen molar-refractivity contribution in [3.63, 3.8) is 0 Å². The second kappa shape index (κ2) is 7.30. The van der Waals surface area contributed by atoms with Gasteiger partial charge in [-0.25, -0.2) is 18.4 Å². The molecule has 0 spiro atoms. The van der Waals surface area contributed by atoms with Crippen molar-refractivity contribution in [1.29, 1.82) is 0 Å². The molecule has 0 unspecified atom stereocenters. The second-order valence-corrected chi connectivity index (χ2v) is 9.89. The third kappa shape index (κ3) is 3.66. The predicted octanol–water partition coefficient (Wildman–Crippen LogP) is 3.47. The van der Waals surface area contributed by atoms with Gasteiger partial charge in [0.2, 0.25) is 0 Å². The highest BCUT2D eigenvalue weighted by atomic mass is 79.9. The fourth-order valence-corrected chi connectivity index (χ4v) is 5.73. The Morgan fingerprint density at radius 1 is 1.12 bits per heavy atom. The largest absolute Gasteiger partial charge is 0.284 e. The van der Waals surface area contributed by atoms with E-state index < -0.39 is 15.7 Å². The number of benzene rings is 1. The van der Waals surface area contributed by atoms with Gasteiger partial charge in [0.25, 0.3) is 11.8 Å². The smallest absolute Gasteiger partial charge is 0.267 e. The number of hydrazine groups is 1. The fourth-order valence-electron chi connectivity index (χ4n) is 2.62. The van der Waals surface area contributed by atoms with E-state index in [9.17, 15) is 18.0 Å². The Morgan fingerprint density at radius 3 is 2.23 bits per heavy atom. The molecule has 1 aliphatic rings. The molecule has 6 nitrogen and oxygen atoms in total. The summed E-state index contributed by atoms with van der Waals surface area (Å²) in [7, 11) is -3.52. The van der Waals surface area contributed by atoms with Gasteiger partial charge in [-0.15, -0.1) is 11.3 Å². The van der Waals surface area contributed by atoms with E-state index >= 15 is 0 Å². The summed E-state index contributed by atoms with van der Waals surface area (Å²) < 4.78 is 24.3. The van der Waals surface area contributed by atoms with E-state index in [1.807, 2.05) is 0 Å². The standard InChI is InChI=1S/C16H14BrClN2O4S2/c1-26(23,24)12-9-25-14(13(12)18)16(22)20-8-2-7-19(20)15(21)10-3-5-11(17)6-4-10/h3-6,9H,2,7-8H2,1H3. The first kappa shape index (κ1) is 19.3. The number of hydrogen-bond donors (Lipinski definition) is 0. The summed E-state index contributed by atoms with van der Waals surface area (Å²) in [6.45, 7) is 0.770. The molecule has 0 bridgehead atoms. The molecule has 0 atom stereocenters. The minimum atomic E-state index is -3.52. The van der Waals surface area contributed by atoms with E-state index in [0.29, 0.717) is 25.1 Å². The van der Waals surface area contributed by atoms with Crippen molar-refractivity contribution >= 4 is 60.5 Å². The van der Waals surface area contributed by atoms with Crippen LogP contribution in [0.1, 0.15) is 26.5 Å². The number of nitrogens with zero attached hydrogens (tertiary/aromatic N) is 2. The lowest BCUT2D eigenvalue weighted by molar-refractivity contribution is 0.0189.